The number of hydrogen-bond donors (Lipinski definition) is 1. The SMILES string of the molecule is Brc1ccc2c(c1)C(NCCCn1cccn1)CCO2. The number of ether oxygens (including phenoxy) is 1. The van der Waals surface area contributed by atoms with Crippen LogP contribution in [0.25, 0.3) is 0 Å². The van der Waals surface area contributed by atoms with Crippen molar-refractivity contribution < 1.29 is 4.74 Å². The molecule has 0 saturated heterocycles. The van der Waals surface area contributed by atoms with Crippen molar-refractivity contribution in [2.45, 2.75) is 25.4 Å². The van der Waals surface area contributed by atoms with E-state index in [1.165, 1.54) is 5.56 Å². The standard InChI is InChI=1S/C15H18BrN3O/c16-12-3-4-15-13(11-12)14(5-10-20-15)17-6-1-8-19-9-2-7-18-19/h2-4,7,9,11,14,17H,1,5-6,8,10H2. The number of hydrogen-bond acceptors (Lipinski definition) is 3. The van der Waals surface area contributed by atoms with Gasteiger partial charge in [0.25, 0.3) is 0 Å². The van der Waals surface area contributed by atoms with Crippen molar-refractivity contribution in [3.63, 3.8) is 0 Å². The fourth-order valence-electron chi connectivity index (χ4n) is 2.53. The van der Waals surface area contributed by atoms with Crippen LogP contribution in [0.15, 0.2) is 41.1 Å². The van der Waals surface area contributed by atoms with Crippen molar-refractivity contribution in [1.29, 1.82) is 0 Å². The summed E-state index contributed by atoms with van der Waals surface area (Å²) in [5.74, 6) is 1.00. The summed E-state index contributed by atoms with van der Waals surface area (Å²) in [6.45, 7) is 2.72. The highest BCUT2D eigenvalue weighted by atomic mass is 79.9. The van der Waals surface area contributed by atoms with E-state index in [1.54, 1.807) is 0 Å². The molecule has 0 spiro atoms. The van der Waals surface area contributed by atoms with Crippen molar-refractivity contribution in [3.8, 4) is 5.75 Å². The molecular weight excluding hydrogens is 318 g/mol. The molecule has 0 bridgehead atoms. The van der Waals surface area contributed by atoms with Crippen LogP contribution in [0.2, 0.25) is 0 Å². The molecule has 3 rings (SSSR count). The lowest BCUT2D eigenvalue weighted by atomic mass is 10.0. The summed E-state index contributed by atoms with van der Waals surface area (Å²) in [7, 11) is 0. The summed E-state index contributed by atoms with van der Waals surface area (Å²) >= 11 is 3.53. The first-order chi connectivity index (χ1) is 9.83. The first-order valence-electron chi connectivity index (χ1n) is 6.96. The molecule has 1 atom stereocenters. The number of nitrogens with zero attached hydrogens (tertiary/aromatic N) is 2. The van der Waals surface area contributed by atoms with Crippen LogP contribution in [0.3, 0.4) is 0 Å². The van der Waals surface area contributed by atoms with E-state index in [0.29, 0.717) is 6.04 Å². The average Bonchev–Trinajstić information content (AvgIpc) is 2.97. The van der Waals surface area contributed by atoms with Crippen LogP contribution in [0, 0.1) is 0 Å². The van der Waals surface area contributed by atoms with Crippen LogP contribution in [0.4, 0.5) is 0 Å². The Kier molecular flexibility index (Phi) is 4.38. The molecule has 20 heavy (non-hydrogen) atoms. The number of aryl methyl sites for hydroxylation is 1. The van der Waals surface area contributed by atoms with Crippen molar-refractivity contribution in [2.24, 2.45) is 0 Å². The van der Waals surface area contributed by atoms with Crippen LogP contribution in [-0.4, -0.2) is 22.9 Å². The Hall–Kier alpha value is -1.33. The Morgan fingerprint density at radius 3 is 3.25 bits per heavy atom. The van der Waals surface area contributed by atoms with Gasteiger partial charge in [0, 0.05) is 41.4 Å². The van der Waals surface area contributed by atoms with Gasteiger partial charge in [-0.2, -0.15) is 5.10 Å². The third kappa shape index (κ3) is 3.22. The molecule has 1 N–H and O–H groups in total. The molecule has 5 heteroatoms. The van der Waals surface area contributed by atoms with Gasteiger partial charge < -0.3 is 10.1 Å². The predicted molar refractivity (Wildman–Crippen MR) is 81.8 cm³/mol. The van der Waals surface area contributed by atoms with Crippen molar-refractivity contribution in [3.05, 3.63) is 46.7 Å². The minimum absolute atomic E-state index is 0.383. The Labute approximate surface area is 127 Å². The molecule has 0 amide bonds. The summed E-state index contributed by atoms with van der Waals surface area (Å²) in [6.07, 6.45) is 5.91. The maximum Gasteiger partial charge on any atom is 0.124 e. The van der Waals surface area contributed by atoms with Gasteiger partial charge in [0.1, 0.15) is 5.75 Å². The molecule has 1 aromatic heterocycles. The number of benzene rings is 1. The van der Waals surface area contributed by atoms with Gasteiger partial charge in [-0.3, -0.25) is 4.68 Å². The van der Waals surface area contributed by atoms with Crippen molar-refractivity contribution >= 4 is 15.9 Å². The minimum atomic E-state index is 0.383. The van der Waals surface area contributed by atoms with Crippen LogP contribution in [0.5, 0.6) is 5.75 Å². The highest BCUT2D eigenvalue weighted by Gasteiger charge is 2.20. The Morgan fingerprint density at radius 1 is 1.45 bits per heavy atom. The Balaban J connectivity index is 1.55. The normalized spacial score (nSPS) is 17.6. The van der Waals surface area contributed by atoms with E-state index in [0.717, 1.165) is 42.8 Å². The number of nitrogens with one attached hydrogen (secondary N) is 1. The van der Waals surface area contributed by atoms with Gasteiger partial charge >= 0.3 is 0 Å². The molecule has 2 heterocycles. The molecule has 1 aliphatic rings. The van der Waals surface area contributed by atoms with Crippen LogP contribution >= 0.6 is 15.9 Å². The highest BCUT2D eigenvalue weighted by Crippen LogP contribution is 2.33. The predicted octanol–water partition coefficient (Wildman–Crippen LogP) is 3.15. The molecule has 0 saturated carbocycles. The largest absolute Gasteiger partial charge is 0.493 e. The number of fused-ring (bicyclic) bond motifs is 1. The quantitative estimate of drug-likeness (QED) is 0.853. The molecule has 0 aliphatic carbocycles. The summed E-state index contributed by atoms with van der Waals surface area (Å²) < 4.78 is 8.77. The van der Waals surface area contributed by atoms with Crippen LogP contribution in [-0.2, 0) is 6.54 Å². The Morgan fingerprint density at radius 2 is 2.40 bits per heavy atom. The van der Waals surface area contributed by atoms with Gasteiger partial charge in [0.2, 0.25) is 0 Å². The fraction of sp³-hybridized carbons (Fsp3) is 0.400. The monoisotopic (exact) mass is 335 g/mol. The second-order valence-corrected chi connectivity index (χ2v) is 5.86. The fourth-order valence-corrected chi connectivity index (χ4v) is 2.91. The number of halogens is 1. The van der Waals surface area contributed by atoms with Gasteiger partial charge in [-0.25, -0.2) is 0 Å². The first kappa shape index (κ1) is 13.6. The van der Waals surface area contributed by atoms with Gasteiger partial charge in [0.05, 0.1) is 6.61 Å². The molecule has 106 valence electrons. The van der Waals surface area contributed by atoms with Crippen molar-refractivity contribution in [1.82, 2.24) is 15.1 Å². The topological polar surface area (TPSA) is 39.1 Å². The van der Waals surface area contributed by atoms with E-state index in [1.807, 2.05) is 35.3 Å². The molecule has 1 aromatic carbocycles. The molecule has 1 aliphatic heterocycles. The first-order valence-corrected chi connectivity index (χ1v) is 7.75. The zero-order chi connectivity index (χ0) is 13.8. The third-order valence-electron chi connectivity index (χ3n) is 3.53. The number of aromatic nitrogens is 2. The van der Waals surface area contributed by atoms with Gasteiger partial charge in [-0.05, 0) is 37.2 Å². The van der Waals surface area contributed by atoms with E-state index < -0.39 is 0 Å². The minimum Gasteiger partial charge on any atom is -0.493 e. The zero-order valence-electron chi connectivity index (χ0n) is 11.3. The molecule has 4 nitrogen and oxygen atoms in total. The maximum atomic E-state index is 5.70. The van der Waals surface area contributed by atoms with E-state index in [2.05, 4.69) is 32.4 Å². The molecule has 2 aromatic rings. The lowest BCUT2D eigenvalue weighted by Crippen LogP contribution is -2.28. The average molecular weight is 336 g/mol. The molecule has 0 radical (unpaired) electrons. The van der Waals surface area contributed by atoms with Gasteiger partial charge in [0.15, 0.2) is 0 Å². The van der Waals surface area contributed by atoms with Crippen molar-refractivity contribution in [2.75, 3.05) is 13.2 Å². The van der Waals surface area contributed by atoms with E-state index >= 15 is 0 Å². The third-order valence-corrected chi connectivity index (χ3v) is 4.02. The summed E-state index contributed by atoms with van der Waals surface area (Å²) in [5, 5.41) is 7.84. The van der Waals surface area contributed by atoms with E-state index in [-0.39, 0.29) is 0 Å². The lowest BCUT2D eigenvalue weighted by molar-refractivity contribution is 0.252. The van der Waals surface area contributed by atoms with E-state index in [4.69, 9.17) is 4.74 Å². The summed E-state index contributed by atoms with van der Waals surface area (Å²) in [6, 6.07) is 8.56. The molecule has 1 unspecified atom stereocenters. The molecule has 0 fully saturated rings. The van der Waals surface area contributed by atoms with Gasteiger partial charge in [-0.15, -0.1) is 0 Å². The summed E-state index contributed by atoms with van der Waals surface area (Å²) in [4.78, 5) is 0. The summed E-state index contributed by atoms with van der Waals surface area (Å²) in [5.41, 5.74) is 1.25. The zero-order valence-corrected chi connectivity index (χ0v) is 12.8. The van der Waals surface area contributed by atoms with Crippen LogP contribution in [0.1, 0.15) is 24.4 Å². The highest BCUT2D eigenvalue weighted by molar-refractivity contribution is 9.10. The second-order valence-electron chi connectivity index (χ2n) is 4.95. The van der Waals surface area contributed by atoms with Gasteiger partial charge in [-0.1, -0.05) is 15.9 Å². The van der Waals surface area contributed by atoms with Crippen LogP contribution < -0.4 is 10.1 Å². The molecular formula is C15H18BrN3O. The van der Waals surface area contributed by atoms with E-state index in [9.17, 15) is 0 Å². The lowest BCUT2D eigenvalue weighted by Gasteiger charge is -2.27. The Bertz CT molecular complexity index is 556. The number of rotatable bonds is 5. The maximum absolute atomic E-state index is 5.70. The second kappa shape index (κ2) is 6.41. The smallest absolute Gasteiger partial charge is 0.124 e.